The molecule has 0 aliphatic rings. The summed E-state index contributed by atoms with van der Waals surface area (Å²) in [7, 11) is -3.09. The van der Waals surface area contributed by atoms with Gasteiger partial charge in [0.2, 0.25) is 0 Å². The fourth-order valence-electron chi connectivity index (χ4n) is 1.54. The van der Waals surface area contributed by atoms with Crippen molar-refractivity contribution in [2.45, 2.75) is 5.75 Å². The molecule has 15 heavy (non-hydrogen) atoms. The lowest BCUT2D eigenvalue weighted by Crippen LogP contribution is -2.00. The van der Waals surface area contributed by atoms with Crippen molar-refractivity contribution in [1.82, 2.24) is 4.98 Å². The molecule has 0 unspecified atom stereocenters. The number of nitrogens with one attached hydrogen (secondary N) is 1. The van der Waals surface area contributed by atoms with E-state index in [1.807, 2.05) is 0 Å². The lowest BCUT2D eigenvalue weighted by Gasteiger charge is -1.93. The molecule has 0 aliphatic carbocycles. The Kier molecular flexibility index (Phi) is 2.26. The molecule has 1 heterocycles. The number of benzene rings is 1. The van der Waals surface area contributed by atoms with Gasteiger partial charge in [0.05, 0.1) is 11.3 Å². The first kappa shape index (κ1) is 10.2. The first-order valence-electron chi connectivity index (χ1n) is 4.39. The molecule has 0 bridgehead atoms. The maximum Gasteiger partial charge on any atom is 0.153 e. The van der Waals surface area contributed by atoms with E-state index in [2.05, 4.69) is 4.98 Å². The predicted octanol–water partition coefficient (Wildman–Crippen LogP) is 1.85. The third kappa shape index (κ3) is 2.18. The first-order valence-corrected chi connectivity index (χ1v) is 6.45. The summed E-state index contributed by atoms with van der Waals surface area (Å²) >= 11 is 0. The van der Waals surface area contributed by atoms with Crippen molar-refractivity contribution in [2.75, 3.05) is 6.26 Å². The zero-order valence-electron chi connectivity index (χ0n) is 8.12. The molecule has 0 amide bonds. The quantitative estimate of drug-likeness (QED) is 0.851. The van der Waals surface area contributed by atoms with Crippen molar-refractivity contribution in [3.8, 4) is 0 Å². The van der Waals surface area contributed by atoms with Gasteiger partial charge in [-0.25, -0.2) is 12.8 Å². The van der Waals surface area contributed by atoms with Gasteiger partial charge in [-0.2, -0.15) is 0 Å². The largest absolute Gasteiger partial charge is 0.355 e. The summed E-state index contributed by atoms with van der Waals surface area (Å²) in [5.41, 5.74) is 0.869. The predicted molar refractivity (Wildman–Crippen MR) is 56.8 cm³/mol. The highest BCUT2D eigenvalue weighted by molar-refractivity contribution is 7.89. The topological polar surface area (TPSA) is 49.9 Å². The van der Waals surface area contributed by atoms with E-state index in [4.69, 9.17) is 0 Å². The van der Waals surface area contributed by atoms with E-state index >= 15 is 0 Å². The Balaban J connectivity index is 2.53. The molecular weight excluding hydrogens is 217 g/mol. The van der Waals surface area contributed by atoms with Gasteiger partial charge in [0.15, 0.2) is 9.84 Å². The molecule has 0 fully saturated rings. The minimum atomic E-state index is -3.09. The highest BCUT2D eigenvalue weighted by Crippen LogP contribution is 2.19. The minimum Gasteiger partial charge on any atom is -0.355 e. The fraction of sp³-hybridized carbons (Fsp3) is 0.200. The molecule has 0 radical (unpaired) electrons. The van der Waals surface area contributed by atoms with Crippen LogP contribution >= 0.6 is 0 Å². The Morgan fingerprint density at radius 3 is 2.73 bits per heavy atom. The maximum absolute atomic E-state index is 13.3. The summed E-state index contributed by atoms with van der Waals surface area (Å²) in [4.78, 5) is 2.77. The van der Waals surface area contributed by atoms with E-state index in [0.717, 1.165) is 6.26 Å². The third-order valence-electron chi connectivity index (χ3n) is 2.08. The molecule has 1 aromatic heterocycles. The molecule has 2 aromatic rings. The summed E-state index contributed by atoms with van der Waals surface area (Å²) in [6, 6.07) is 6.32. The third-order valence-corrected chi connectivity index (χ3v) is 2.91. The summed E-state index contributed by atoms with van der Waals surface area (Å²) in [6.07, 6.45) is 1.15. The summed E-state index contributed by atoms with van der Waals surface area (Å²) in [5.74, 6) is -0.464. The van der Waals surface area contributed by atoms with Gasteiger partial charge in [0.25, 0.3) is 0 Å². The number of aromatic nitrogens is 1. The SMILES string of the molecule is CS(=O)(=O)Cc1cc2cccc(F)c2[nH]1. The zero-order chi connectivity index (χ0) is 11.1. The van der Waals surface area contributed by atoms with Crippen LogP contribution in [0.3, 0.4) is 0 Å². The van der Waals surface area contributed by atoms with Gasteiger partial charge >= 0.3 is 0 Å². The molecule has 0 spiro atoms. The number of sulfone groups is 1. The highest BCUT2D eigenvalue weighted by atomic mass is 32.2. The number of hydrogen-bond donors (Lipinski definition) is 1. The standard InChI is InChI=1S/C10H10FNO2S/c1-15(13,14)6-8-5-7-3-2-4-9(11)10(7)12-8/h2-5,12H,6H2,1H3. The van der Waals surface area contributed by atoms with Crippen LogP contribution < -0.4 is 0 Å². The van der Waals surface area contributed by atoms with E-state index < -0.39 is 9.84 Å². The zero-order valence-corrected chi connectivity index (χ0v) is 8.94. The molecule has 1 N–H and O–H groups in total. The molecule has 80 valence electrons. The average molecular weight is 227 g/mol. The monoisotopic (exact) mass is 227 g/mol. The number of aromatic amines is 1. The lowest BCUT2D eigenvalue weighted by molar-refractivity contribution is 0.600. The number of rotatable bonds is 2. The van der Waals surface area contributed by atoms with Crippen molar-refractivity contribution in [2.24, 2.45) is 0 Å². The Morgan fingerprint density at radius 1 is 1.40 bits per heavy atom. The molecular formula is C10H10FNO2S. The minimum absolute atomic E-state index is 0.0961. The van der Waals surface area contributed by atoms with Gasteiger partial charge in [-0.1, -0.05) is 12.1 Å². The second-order valence-electron chi connectivity index (χ2n) is 3.57. The van der Waals surface area contributed by atoms with E-state index in [-0.39, 0.29) is 11.6 Å². The van der Waals surface area contributed by atoms with Gasteiger partial charge < -0.3 is 4.98 Å². The number of hydrogen-bond acceptors (Lipinski definition) is 2. The normalized spacial score (nSPS) is 12.1. The molecule has 0 atom stereocenters. The highest BCUT2D eigenvalue weighted by Gasteiger charge is 2.09. The van der Waals surface area contributed by atoms with Crippen LogP contribution in [0.5, 0.6) is 0 Å². The van der Waals surface area contributed by atoms with Crippen molar-refractivity contribution in [3.63, 3.8) is 0 Å². The van der Waals surface area contributed by atoms with E-state index in [1.165, 1.54) is 6.07 Å². The van der Waals surface area contributed by atoms with Gasteiger partial charge in [-0.15, -0.1) is 0 Å². The average Bonchev–Trinajstić information content (AvgIpc) is 2.45. The Labute approximate surface area is 86.8 Å². The van der Waals surface area contributed by atoms with Crippen molar-refractivity contribution < 1.29 is 12.8 Å². The van der Waals surface area contributed by atoms with Gasteiger partial charge in [0, 0.05) is 17.3 Å². The summed E-state index contributed by atoms with van der Waals surface area (Å²) in [5, 5.41) is 0.689. The van der Waals surface area contributed by atoms with E-state index in [1.54, 1.807) is 18.2 Å². The van der Waals surface area contributed by atoms with Crippen LogP contribution in [0.25, 0.3) is 10.9 Å². The molecule has 0 saturated heterocycles. The fourth-order valence-corrected chi connectivity index (χ4v) is 2.26. The Morgan fingerprint density at radius 2 is 2.13 bits per heavy atom. The molecule has 5 heteroatoms. The van der Waals surface area contributed by atoms with Gasteiger partial charge in [0.1, 0.15) is 5.82 Å². The summed E-state index contributed by atoms with van der Waals surface area (Å²) < 4.78 is 35.3. The van der Waals surface area contributed by atoms with Gasteiger partial charge in [-0.05, 0) is 12.1 Å². The van der Waals surface area contributed by atoms with Crippen LogP contribution in [0.2, 0.25) is 0 Å². The van der Waals surface area contributed by atoms with Crippen molar-refractivity contribution >= 4 is 20.7 Å². The molecule has 2 rings (SSSR count). The lowest BCUT2D eigenvalue weighted by atomic mass is 10.2. The maximum atomic E-state index is 13.3. The van der Waals surface area contributed by atoms with E-state index in [0.29, 0.717) is 16.6 Å². The van der Waals surface area contributed by atoms with Crippen LogP contribution in [-0.4, -0.2) is 19.7 Å². The van der Waals surface area contributed by atoms with Crippen LogP contribution in [0.15, 0.2) is 24.3 Å². The van der Waals surface area contributed by atoms with Gasteiger partial charge in [-0.3, -0.25) is 0 Å². The molecule has 3 nitrogen and oxygen atoms in total. The van der Waals surface area contributed by atoms with Crippen LogP contribution in [0.1, 0.15) is 5.69 Å². The molecule has 1 aromatic carbocycles. The smallest absolute Gasteiger partial charge is 0.153 e. The van der Waals surface area contributed by atoms with Crippen LogP contribution in [0.4, 0.5) is 4.39 Å². The molecule has 0 saturated carbocycles. The van der Waals surface area contributed by atoms with Crippen LogP contribution in [-0.2, 0) is 15.6 Å². The van der Waals surface area contributed by atoms with E-state index in [9.17, 15) is 12.8 Å². The summed E-state index contributed by atoms with van der Waals surface area (Å²) in [6.45, 7) is 0. The number of halogens is 1. The van der Waals surface area contributed by atoms with Crippen molar-refractivity contribution in [1.29, 1.82) is 0 Å². The molecule has 0 aliphatic heterocycles. The van der Waals surface area contributed by atoms with Crippen molar-refractivity contribution in [3.05, 3.63) is 35.8 Å². The first-order chi connectivity index (χ1) is 6.96. The number of para-hydroxylation sites is 1. The van der Waals surface area contributed by atoms with Crippen LogP contribution in [0, 0.1) is 5.82 Å². The second-order valence-corrected chi connectivity index (χ2v) is 5.71. The number of fused-ring (bicyclic) bond motifs is 1. The number of H-pyrrole nitrogens is 1. The Hall–Kier alpha value is -1.36. The Bertz CT molecular complexity index is 601. The second kappa shape index (κ2) is 3.34.